The molecule has 0 amide bonds. The molecule has 0 aromatic rings. The van der Waals surface area contributed by atoms with Gasteiger partial charge in [-0.1, -0.05) is 30.7 Å². The highest BCUT2D eigenvalue weighted by atomic mass is 16.5. The Kier molecular flexibility index (Phi) is 7.60. The van der Waals surface area contributed by atoms with E-state index in [1.807, 2.05) is 39.0 Å². The van der Waals surface area contributed by atoms with Gasteiger partial charge in [-0.3, -0.25) is 0 Å². The molecule has 6 atom stereocenters. The Balaban J connectivity index is 2.51. The van der Waals surface area contributed by atoms with Crippen LogP contribution in [0.4, 0.5) is 0 Å². The smallest absolute Gasteiger partial charge is 0.107 e. The van der Waals surface area contributed by atoms with Crippen molar-refractivity contribution in [3.05, 3.63) is 23.8 Å². The fourth-order valence-corrected chi connectivity index (χ4v) is 2.39. The maximum Gasteiger partial charge on any atom is 0.107 e. The van der Waals surface area contributed by atoms with E-state index in [2.05, 4.69) is 0 Å². The van der Waals surface area contributed by atoms with Gasteiger partial charge in [0.15, 0.2) is 0 Å². The van der Waals surface area contributed by atoms with Crippen molar-refractivity contribution in [1.82, 2.24) is 0 Å². The Hall–Kier alpha value is -0.680. The molecule has 0 spiro atoms. The third kappa shape index (κ3) is 5.55. The van der Waals surface area contributed by atoms with Crippen LogP contribution in [0.25, 0.3) is 0 Å². The predicted octanol–water partition coefficient (Wildman–Crippen LogP) is 2.04. The Morgan fingerprint density at radius 1 is 1.29 bits per heavy atom. The summed E-state index contributed by atoms with van der Waals surface area (Å²) in [4.78, 5) is 0. The standard InChI is InChI=1S/C17H30O4/c1-5-11(2)9-15-17(20)16(19)14(10-21-15)8-6-7-12(3)13(4)18/h5-7,12-20H,8-10H2,1-4H3/b7-6+,11-5+. The lowest BCUT2D eigenvalue weighted by atomic mass is 9.87. The van der Waals surface area contributed by atoms with Crippen LogP contribution in [0, 0.1) is 11.8 Å². The molecule has 0 aliphatic carbocycles. The van der Waals surface area contributed by atoms with Gasteiger partial charge >= 0.3 is 0 Å². The summed E-state index contributed by atoms with van der Waals surface area (Å²) in [6.07, 6.45) is 4.87. The van der Waals surface area contributed by atoms with E-state index in [9.17, 15) is 15.3 Å². The highest BCUT2D eigenvalue weighted by Gasteiger charge is 2.37. The van der Waals surface area contributed by atoms with E-state index in [-0.39, 0.29) is 24.0 Å². The molecule has 1 heterocycles. The maximum absolute atomic E-state index is 10.2. The van der Waals surface area contributed by atoms with Gasteiger partial charge in [0.05, 0.1) is 24.9 Å². The van der Waals surface area contributed by atoms with Crippen LogP contribution in [-0.2, 0) is 4.74 Å². The normalized spacial score (nSPS) is 34.1. The minimum absolute atomic E-state index is 0.0849. The van der Waals surface area contributed by atoms with E-state index < -0.39 is 12.2 Å². The van der Waals surface area contributed by atoms with E-state index in [4.69, 9.17) is 4.74 Å². The summed E-state index contributed by atoms with van der Waals surface area (Å²) in [5.74, 6) is -0.0127. The van der Waals surface area contributed by atoms with Crippen molar-refractivity contribution < 1.29 is 20.1 Å². The van der Waals surface area contributed by atoms with Crippen LogP contribution in [0.1, 0.15) is 40.5 Å². The fraction of sp³-hybridized carbons (Fsp3) is 0.765. The molecule has 1 saturated heterocycles. The Labute approximate surface area is 128 Å². The van der Waals surface area contributed by atoms with E-state index in [1.165, 1.54) is 0 Å². The first-order chi connectivity index (χ1) is 9.86. The summed E-state index contributed by atoms with van der Waals surface area (Å²) in [5.41, 5.74) is 1.15. The summed E-state index contributed by atoms with van der Waals surface area (Å²) in [6.45, 7) is 8.10. The van der Waals surface area contributed by atoms with Crippen LogP contribution in [0.3, 0.4) is 0 Å². The highest BCUT2D eigenvalue weighted by Crippen LogP contribution is 2.27. The Morgan fingerprint density at radius 2 is 1.95 bits per heavy atom. The third-order valence-electron chi connectivity index (χ3n) is 4.39. The number of allylic oxidation sites excluding steroid dienone is 2. The number of hydrogen-bond acceptors (Lipinski definition) is 4. The largest absolute Gasteiger partial charge is 0.393 e. The Bertz CT molecular complexity index is 362. The molecule has 21 heavy (non-hydrogen) atoms. The minimum Gasteiger partial charge on any atom is -0.393 e. The molecule has 1 rings (SSSR count). The fourth-order valence-electron chi connectivity index (χ4n) is 2.39. The van der Waals surface area contributed by atoms with Gasteiger partial charge in [0.1, 0.15) is 6.10 Å². The lowest BCUT2D eigenvalue weighted by Crippen LogP contribution is -2.49. The second-order valence-corrected chi connectivity index (χ2v) is 6.22. The summed E-state index contributed by atoms with van der Waals surface area (Å²) < 4.78 is 5.72. The Morgan fingerprint density at radius 3 is 2.52 bits per heavy atom. The summed E-state index contributed by atoms with van der Waals surface area (Å²) >= 11 is 0. The SMILES string of the molecule is C/C=C(\C)CC1OCC(C/C=C/C(C)C(C)O)C(O)C1O. The van der Waals surface area contributed by atoms with Gasteiger partial charge in [0.25, 0.3) is 0 Å². The zero-order chi connectivity index (χ0) is 16.0. The molecular formula is C17H30O4. The molecule has 0 bridgehead atoms. The summed E-state index contributed by atoms with van der Waals surface area (Å²) in [7, 11) is 0. The van der Waals surface area contributed by atoms with Crippen LogP contribution >= 0.6 is 0 Å². The number of rotatable bonds is 6. The summed E-state index contributed by atoms with van der Waals surface area (Å²) in [6, 6.07) is 0. The van der Waals surface area contributed by atoms with Crippen molar-refractivity contribution in [3.63, 3.8) is 0 Å². The molecule has 0 radical (unpaired) electrons. The third-order valence-corrected chi connectivity index (χ3v) is 4.39. The van der Waals surface area contributed by atoms with Crippen LogP contribution in [-0.4, -0.2) is 46.3 Å². The van der Waals surface area contributed by atoms with E-state index >= 15 is 0 Å². The first-order valence-corrected chi connectivity index (χ1v) is 7.81. The lowest BCUT2D eigenvalue weighted by Gasteiger charge is -2.37. The van der Waals surface area contributed by atoms with Gasteiger partial charge in [-0.15, -0.1) is 0 Å². The van der Waals surface area contributed by atoms with Crippen molar-refractivity contribution in [2.24, 2.45) is 11.8 Å². The molecule has 0 aromatic carbocycles. The van der Waals surface area contributed by atoms with Crippen molar-refractivity contribution in [1.29, 1.82) is 0 Å². The second-order valence-electron chi connectivity index (χ2n) is 6.22. The van der Waals surface area contributed by atoms with Gasteiger partial charge in [0.2, 0.25) is 0 Å². The number of hydrogen-bond donors (Lipinski definition) is 3. The zero-order valence-corrected chi connectivity index (χ0v) is 13.6. The average molecular weight is 298 g/mol. The molecule has 4 heteroatoms. The number of aliphatic hydroxyl groups excluding tert-OH is 3. The molecule has 4 nitrogen and oxygen atoms in total. The zero-order valence-electron chi connectivity index (χ0n) is 13.6. The van der Waals surface area contributed by atoms with Crippen molar-refractivity contribution in [3.8, 4) is 0 Å². The van der Waals surface area contributed by atoms with E-state index in [0.717, 1.165) is 5.57 Å². The molecular weight excluding hydrogens is 268 g/mol. The molecule has 1 fully saturated rings. The lowest BCUT2D eigenvalue weighted by molar-refractivity contribution is -0.162. The second kappa shape index (κ2) is 8.69. The topological polar surface area (TPSA) is 69.9 Å². The first kappa shape index (κ1) is 18.4. The molecule has 0 saturated carbocycles. The maximum atomic E-state index is 10.2. The molecule has 1 aliphatic rings. The summed E-state index contributed by atoms with van der Waals surface area (Å²) in [5, 5.41) is 29.8. The quantitative estimate of drug-likeness (QED) is 0.656. The van der Waals surface area contributed by atoms with Crippen LogP contribution < -0.4 is 0 Å². The van der Waals surface area contributed by atoms with Crippen molar-refractivity contribution >= 4 is 0 Å². The highest BCUT2D eigenvalue weighted by molar-refractivity contribution is 5.02. The monoisotopic (exact) mass is 298 g/mol. The van der Waals surface area contributed by atoms with Gasteiger partial charge in [0, 0.05) is 5.92 Å². The molecule has 6 unspecified atom stereocenters. The van der Waals surface area contributed by atoms with Gasteiger partial charge in [-0.2, -0.15) is 0 Å². The number of ether oxygens (including phenoxy) is 1. The molecule has 1 aliphatic heterocycles. The number of aliphatic hydroxyl groups is 3. The van der Waals surface area contributed by atoms with Crippen LogP contribution in [0.5, 0.6) is 0 Å². The molecule has 122 valence electrons. The van der Waals surface area contributed by atoms with Crippen LogP contribution in [0.15, 0.2) is 23.8 Å². The van der Waals surface area contributed by atoms with Crippen molar-refractivity contribution in [2.45, 2.75) is 65.0 Å². The average Bonchev–Trinajstić information content (AvgIpc) is 2.45. The molecule has 0 aromatic heterocycles. The van der Waals surface area contributed by atoms with Gasteiger partial charge in [-0.05, 0) is 39.5 Å². The molecule has 3 N–H and O–H groups in total. The predicted molar refractivity (Wildman–Crippen MR) is 83.9 cm³/mol. The minimum atomic E-state index is -0.846. The van der Waals surface area contributed by atoms with Crippen molar-refractivity contribution in [2.75, 3.05) is 6.61 Å². The first-order valence-electron chi connectivity index (χ1n) is 7.81. The van der Waals surface area contributed by atoms with Gasteiger partial charge in [-0.25, -0.2) is 0 Å². The van der Waals surface area contributed by atoms with E-state index in [0.29, 0.717) is 19.4 Å². The van der Waals surface area contributed by atoms with Gasteiger partial charge < -0.3 is 20.1 Å². The van der Waals surface area contributed by atoms with E-state index in [1.54, 1.807) is 6.92 Å². The van der Waals surface area contributed by atoms with Crippen LogP contribution in [0.2, 0.25) is 0 Å².